The molecule has 2 aromatic heterocycles. The fourth-order valence-electron chi connectivity index (χ4n) is 4.78. The number of allylic oxidation sites excluding steroid dienone is 1. The Morgan fingerprint density at radius 3 is 2.77 bits per heavy atom. The quantitative estimate of drug-likeness (QED) is 0.185. The molecule has 1 aliphatic carbocycles. The molecule has 0 fully saturated rings. The zero-order valence-corrected chi connectivity index (χ0v) is 22.6. The summed E-state index contributed by atoms with van der Waals surface area (Å²) in [6, 6.07) is 16.5. The molecule has 0 bridgehead atoms. The van der Waals surface area contributed by atoms with E-state index in [1.807, 2.05) is 18.2 Å². The van der Waals surface area contributed by atoms with Crippen LogP contribution < -0.4 is 4.74 Å². The maximum Gasteiger partial charge on any atom is 0.339 e. The van der Waals surface area contributed by atoms with E-state index in [4.69, 9.17) is 21.1 Å². The number of aromatic nitrogens is 2. The van der Waals surface area contributed by atoms with Gasteiger partial charge in [-0.1, -0.05) is 49.4 Å². The molecule has 6 nitrogen and oxygen atoms in total. The lowest BCUT2D eigenvalue weighted by Crippen LogP contribution is -2.20. The van der Waals surface area contributed by atoms with Crippen LogP contribution in [0.15, 0.2) is 72.6 Å². The lowest BCUT2D eigenvalue weighted by molar-refractivity contribution is 0.0694. The number of carboxylic acid groups (broad SMARTS) is 1. The third-order valence-corrected chi connectivity index (χ3v) is 7.13. The second-order valence-electron chi connectivity index (χ2n) is 10.4. The summed E-state index contributed by atoms with van der Waals surface area (Å²) in [6.45, 7) is 5.37. The van der Waals surface area contributed by atoms with Gasteiger partial charge in [-0.05, 0) is 83.9 Å². The van der Waals surface area contributed by atoms with Crippen molar-refractivity contribution in [3.63, 3.8) is 0 Å². The molecule has 2 N–H and O–H groups in total. The van der Waals surface area contributed by atoms with Crippen molar-refractivity contribution in [1.29, 1.82) is 0 Å². The summed E-state index contributed by atoms with van der Waals surface area (Å²) in [5, 5.41) is 11.2. The molecule has 0 radical (unpaired) electrons. The molecule has 2 aromatic carbocycles. The van der Waals surface area contributed by atoms with Gasteiger partial charge in [-0.3, -0.25) is 0 Å². The SMILES string of the molecule is CC1(C)CCC(COCC#Cc2ccc(C(=O)O)c(Oc3cnc4[nH]ccc4c3)c2)=C(c2ccc(Cl)cc2)C1. The summed E-state index contributed by atoms with van der Waals surface area (Å²) in [5.41, 5.74) is 5.47. The summed E-state index contributed by atoms with van der Waals surface area (Å²) >= 11 is 6.11. The van der Waals surface area contributed by atoms with Crippen molar-refractivity contribution in [3.8, 4) is 23.3 Å². The van der Waals surface area contributed by atoms with Crippen LogP contribution in [0.4, 0.5) is 0 Å². The van der Waals surface area contributed by atoms with E-state index in [9.17, 15) is 9.90 Å². The molecular weight excluding hydrogens is 512 g/mol. The Kier molecular flexibility index (Phi) is 7.74. The largest absolute Gasteiger partial charge is 0.478 e. The summed E-state index contributed by atoms with van der Waals surface area (Å²) in [6.07, 6.45) is 6.42. The first-order chi connectivity index (χ1) is 18.8. The van der Waals surface area contributed by atoms with Crippen LogP contribution in [0.2, 0.25) is 5.02 Å². The molecule has 0 amide bonds. The second kappa shape index (κ2) is 11.4. The van der Waals surface area contributed by atoms with E-state index < -0.39 is 5.97 Å². The molecule has 0 saturated carbocycles. The normalized spacial score (nSPS) is 14.6. The fraction of sp³-hybridized carbons (Fsp3) is 0.250. The van der Waals surface area contributed by atoms with Crippen LogP contribution in [-0.2, 0) is 4.74 Å². The highest BCUT2D eigenvalue weighted by Gasteiger charge is 2.27. The van der Waals surface area contributed by atoms with Gasteiger partial charge < -0.3 is 19.6 Å². The summed E-state index contributed by atoms with van der Waals surface area (Å²) in [4.78, 5) is 19.1. The van der Waals surface area contributed by atoms with Crippen molar-refractivity contribution in [3.05, 3.63) is 94.3 Å². The van der Waals surface area contributed by atoms with E-state index in [1.54, 1.807) is 30.6 Å². The minimum atomic E-state index is -1.08. The van der Waals surface area contributed by atoms with Gasteiger partial charge in [0.1, 0.15) is 29.3 Å². The van der Waals surface area contributed by atoms with Crippen LogP contribution in [0.1, 0.15) is 54.6 Å². The summed E-state index contributed by atoms with van der Waals surface area (Å²) in [5.74, 6) is 5.68. The van der Waals surface area contributed by atoms with Crippen molar-refractivity contribution < 1.29 is 19.4 Å². The number of nitrogens with one attached hydrogen (secondary N) is 1. The predicted octanol–water partition coefficient (Wildman–Crippen LogP) is 7.74. The van der Waals surface area contributed by atoms with Gasteiger partial charge in [-0.25, -0.2) is 9.78 Å². The number of hydrogen-bond acceptors (Lipinski definition) is 4. The average Bonchev–Trinajstić information content (AvgIpc) is 3.37. The van der Waals surface area contributed by atoms with Crippen molar-refractivity contribution >= 4 is 34.2 Å². The molecular formula is C32H29ClN2O4. The Balaban J connectivity index is 1.28. The minimum absolute atomic E-state index is 0.0489. The van der Waals surface area contributed by atoms with E-state index in [2.05, 4.69) is 47.8 Å². The maximum atomic E-state index is 11.8. The van der Waals surface area contributed by atoms with Crippen molar-refractivity contribution in [2.24, 2.45) is 5.41 Å². The number of aromatic amines is 1. The van der Waals surface area contributed by atoms with Crippen LogP contribution in [0, 0.1) is 17.3 Å². The van der Waals surface area contributed by atoms with Gasteiger partial charge in [0.2, 0.25) is 0 Å². The van der Waals surface area contributed by atoms with Gasteiger partial charge in [-0.2, -0.15) is 0 Å². The highest BCUT2D eigenvalue weighted by molar-refractivity contribution is 6.30. The molecule has 5 rings (SSSR count). The van der Waals surface area contributed by atoms with Gasteiger partial charge in [-0.15, -0.1) is 0 Å². The topological polar surface area (TPSA) is 84.4 Å². The molecule has 7 heteroatoms. The number of nitrogens with zero attached hydrogens (tertiary/aromatic N) is 1. The van der Waals surface area contributed by atoms with Crippen molar-refractivity contribution in [2.45, 2.75) is 33.1 Å². The number of hydrogen-bond donors (Lipinski definition) is 2. The first kappa shape index (κ1) is 26.6. The number of ether oxygens (including phenoxy) is 2. The number of pyridine rings is 1. The van der Waals surface area contributed by atoms with Gasteiger partial charge in [0.25, 0.3) is 0 Å². The van der Waals surface area contributed by atoms with Crippen LogP contribution >= 0.6 is 11.6 Å². The standard InChI is InChI=1S/C32H29ClN2O4/c1-32(2)13-11-24(28(18-32)22-6-8-25(33)9-7-22)20-38-15-3-4-21-5-10-27(31(36)37)29(16-21)39-26-17-23-12-14-34-30(23)35-19-26/h5-10,12,14,16-17,19H,11,13,15,18,20H2,1-2H3,(H,34,35)(H,36,37). The zero-order chi connectivity index (χ0) is 27.4. The Hall–Kier alpha value is -4.05. The highest BCUT2D eigenvalue weighted by atomic mass is 35.5. The second-order valence-corrected chi connectivity index (χ2v) is 10.9. The zero-order valence-electron chi connectivity index (χ0n) is 21.9. The fourth-order valence-corrected chi connectivity index (χ4v) is 4.90. The van der Waals surface area contributed by atoms with Gasteiger partial charge in [0, 0.05) is 22.2 Å². The lowest BCUT2D eigenvalue weighted by Gasteiger charge is -2.33. The summed E-state index contributed by atoms with van der Waals surface area (Å²) < 4.78 is 11.9. The van der Waals surface area contributed by atoms with E-state index >= 15 is 0 Å². The first-order valence-electron chi connectivity index (χ1n) is 12.8. The van der Waals surface area contributed by atoms with Crippen LogP contribution in [0.25, 0.3) is 16.6 Å². The molecule has 0 atom stereocenters. The molecule has 0 aliphatic heterocycles. The van der Waals surface area contributed by atoms with Crippen LogP contribution in [0.3, 0.4) is 0 Å². The van der Waals surface area contributed by atoms with Crippen LogP contribution in [0.5, 0.6) is 11.5 Å². The Bertz CT molecular complexity index is 1610. The molecule has 0 saturated heterocycles. The lowest BCUT2D eigenvalue weighted by atomic mass is 9.73. The molecule has 39 heavy (non-hydrogen) atoms. The predicted molar refractivity (Wildman–Crippen MR) is 153 cm³/mol. The average molecular weight is 541 g/mol. The number of aromatic carboxylic acids is 1. The smallest absolute Gasteiger partial charge is 0.339 e. The third-order valence-electron chi connectivity index (χ3n) is 6.88. The summed E-state index contributed by atoms with van der Waals surface area (Å²) in [7, 11) is 0. The number of fused-ring (bicyclic) bond motifs is 1. The molecule has 198 valence electrons. The van der Waals surface area contributed by atoms with Gasteiger partial charge in [0.15, 0.2) is 0 Å². The number of carbonyl (C=O) groups is 1. The van der Waals surface area contributed by atoms with E-state index in [0.717, 1.165) is 35.3 Å². The maximum absolute atomic E-state index is 11.8. The van der Waals surface area contributed by atoms with Crippen molar-refractivity contribution in [2.75, 3.05) is 13.2 Å². The first-order valence-corrected chi connectivity index (χ1v) is 13.2. The highest BCUT2D eigenvalue weighted by Crippen LogP contribution is 2.43. The van der Waals surface area contributed by atoms with Crippen molar-refractivity contribution in [1.82, 2.24) is 9.97 Å². The number of rotatable bonds is 7. The number of H-pyrrole nitrogens is 1. The Labute approximate surface area is 232 Å². The molecule has 2 heterocycles. The number of benzene rings is 2. The van der Waals surface area contributed by atoms with Crippen LogP contribution in [-0.4, -0.2) is 34.3 Å². The molecule has 0 unspecified atom stereocenters. The third kappa shape index (κ3) is 6.51. The van der Waals surface area contributed by atoms with E-state index in [0.29, 0.717) is 17.9 Å². The minimum Gasteiger partial charge on any atom is -0.478 e. The monoisotopic (exact) mass is 540 g/mol. The van der Waals surface area contributed by atoms with Gasteiger partial charge >= 0.3 is 5.97 Å². The van der Waals surface area contributed by atoms with E-state index in [-0.39, 0.29) is 23.3 Å². The number of carboxylic acids is 1. The molecule has 1 aliphatic rings. The number of halogens is 1. The van der Waals surface area contributed by atoms with E-state index in [1.165, 1.54) is 22.8 Å². The Morgan fingerprint density at radius 1 is 1.15 bits per heavy atom. The van der Waals surface area contributed by atoms with Gasteiger partial charge in [0.05, 0.1) is 12.8 Å². The Morgan fingerprint density at radius 2 is 1.97 bits per heavy atom. The molecule has 4 aromatic rings. The molecule has 0 spiro atoms.